The first kappa shape index (κ1) is 16.3. The highest BCUT2D eigenvalue weighted by atomic mass is 16.1. The summed E-state index contributed by atoms with van der Waals surface area (Å²) < 4.78 is 0. The van der Waals surface area contributed by atoms with E-state index >= 15 is 0 Å². The van der Waals surface area contributed by atoms with E-state index in [1.165, 1.54) is 0 Å². The second kappa shape index (κ2) is 6.26. The van der Waals surface area contributed by atoms with Gasteiger partial charge in [-0.3, -0.25) is 14.4 Å². The molecule has 0 amide bonds. The molecule has 0 atom stereocenters. The number of aromatic amines is 1. The van der Waals surface area contributed by atoms with Crippen LogP contribution >= 0.6 is 0 Å². The molecule has 2 aromatic carbocycles. The van der Waals surface area contributed by atoms with Crippen LogP contribution in [0.5, 0.6) is 0 Å². The van der Waals surface area contributed by atoms with E-state index < -0.39 is 0 Å². The molecule has 0 saturated carbocycles. The van der Waals surface area contributed by atoms with Crippen LogP contribution in [0.2, 0.25) is 0 Å². The molecule has 26 heavy (non-hydrogen) atoms. The van der Waals surface area contributed by atoms with Gasteiger partial charge < -0.3 is 10.3 Å². The molecular weight excluding hydrogens is 328 g/mol. The van der Waals surface area contributed by atoms with Crippen LogP contribution in [0.3, 0.4) is 0 Å². The topological polar surface area (TPSA) is 79.0 Å². The SMILES string of the molecule is CCCCNc1cc2ccc3c(c2[nH]c1=O)C(=O)c1ccccc1C3=O. The molecule has 0 fully saturated rings. The van der Waals surface area contributed by atoms with E-state index in [4.69, 9.17) is 0 Å². The van der Waals surface area contributed by atoms with Gasteiger partial charge in [-0.25, -0.2) is 0 Å². The quantitative estimate of drug-likeness (QED) is 0.554. The van der Waals surface area contributed by atoms with E-state index in [0.717, 1.165) is 18.2 Å². The van der Waals surface area contributed by atoms with Gasteiger partial charge in [0.15, 0.2) is 11.6 Å². The summed E-state index contributed by atoms with van der Waals surface area (Å²) in [6, 6.07) is 12.0. The first-order valence-corrected chi connectivity index (χ1v) is 8.74. The van der Waals surface area contributed by atoms with E-state index in [2.05, 4.69) is 17.2 Å². The average molecular weight is 346 g/mol. The number of fused-ring (bicyclic) bond motifs is 4. The van der Waals surface area contributed by atoms with Crippen LogP contribution in [-0.4, -0.2) is 23.1 Å². The highest BCUT2D eigenvalue weighted by Crippen LogP contribution is 2.31. The van der Waals surface area contributed by atoms with E-state index in [0.29, 0.717) is 34.4 Å². The Kier molecular flexibility index (Phi) is 3.92. The molecule has 0 spiro atoms. The van der Waals surface area contributed by atoms with Crippen LogP contribution in [0.25, 0.3) is 10.9 Å². The molecule has 0 bridgehead atoms. The van der Waals surface area contributed by atoms with E-state index in [1.54, 1.807) is 42.5 Å². The summed E-state index contributed by atoms with van der Waals surface area (Å²) in [5.41, 5.74) is 2.00. The van der Waals surface area contributed by atoms with Gasteiger partial charge in [0.2, 0.25) is 0 Å². The highest BCUT2D eigenvalue weighted by Gasteiger charge is 2.31. The van der Waals surface area contributed by atoms with Gasteiger partial charge in [-0.2, -0.15) is 0 Å². The number of pyridine rings is 1. The number of unbranched alkanes of at least 4 members (excludes halogenated alkanes) is 1. The molecule has 0 saturated heterocycles. The minimum atomic E-state index is -0.291. The predicted octanol–water partition coefficient (Wildman–Crippen LogP) is 3.52. The molecule has 4 rings (SSSR count). The number of benzene rings is 2. The molecule has 5 heteroatoms. The Balaban J connectivity index is 1.89. The Hall–Kier alpha value is -3.21. The zero-order valence-corrected chi connectivity index (χ0v) is 14.4. The molecule has 1 aliphatic carbocycles. The van der Waals surface area contributed by atoms with Gasteiger partial charge in [-0.15, -0.1) is 0 Å². The second-order valence-electron chi connectivity index (χ2n) is 6.45. The summed E-state index contributed by atoms with van der Waals surface area (Å²) in [6.45, 7) is 2.79. The van der Waals surface area contributed by atoms with Crippen molar-refractivity contribution in [3.8, 4) is 0 Å². The molecule has 1 aromatic heterocycles. The van der Waals surface area contributed by atoms with Crippen LogP contribution in [-0.2, 0) is 0 Å². The smallest absolute Gasteiger partial charge is 0.271 e. The lowest BCUT2D eigenvalue weighted by Crippen LogP contribution is -2.23. The highest BCUT2D eigenvalue weighted by molar-refractivity contribution is 6.31. The Morgan fingerprint density at radius 3 is 2.38 bits per heavy atom. The van der Waals surface area contributed by atoms with Crippen molar-refractivity contribution in [2.24, 2.45) is 0 Å². The van der Waals surface area contributed by atoms with Crippen molar-refractivity contribution in [2.45, 2.75) is 19.8 Å². The summed E-state index contributed by atoms with van der Waals surface area (Å²) in [6.07, 6.45) is 1.99. The molecule has 0 aliphatic heterocycles. The van der Waals surface area contributed by atoms with Crippen LogP contribution in [0.15, 0.2) is 47.3 Å². The third-order valence-corrected chi connectivity index (χ3v) is 4.75. The number of rotatable bonds is 4. The van der Waals surface area contributed by atoms with Crippen LogP contribution in [0.1, 0.15) is 51.6 Å². The van der Waals surface area contributed by atoms with Gasteiger partial charge in [0.25, 0.3) is 5.56 Å². The maximum atomic E-state index is 13.0. The number of anilines is 1. The summed E-state index contributed by atoms with van der Waals surface area (Å²) in [7, 11) is 0. The lowest BCUT2D eigenvalue weighted by Gasteiger charge is -2.19. The molecule has 5 nitrogen and oxygen atoms in total. The van der Waals surface area contributed by atoms with Gasteiger partial charge in [-0.1, -0.05) is 43.7 Å². The number of ketones is 2. The maximum Gasteiger partial charge on any atom is 0.271 e. The van der Waals surface area contributed by atoms with Crippen LogP contribution < -0.4 is 10.9 Å². The van der Waals surface area contributed by atoms with Gasteiger partial charge in [-0.05, 0) is 18.6 Å². The zero-order valence-electron chi connectivity index (χ0n) is 14.4. The maximum absolute atomic E-state index is 13.0. The lowest BCUT2D eigenvalue weighted by atomic mass is 9.83. The first-order chi connectivity index (χ1) is 12.6. The molecule has 0 radical (unpaired) electrons. The van der Waals surface area contributed by atoms with E-state index in [9.17, 15) is 14.4 Å². The van der Waals surface area contributed by atoms with Crippen molar-refractivity contribution in [3.05, 3.63) is 75.1 Å². The number of carbonyl (C=O) groups is 2. The minimum Gasteiger partial charge on any atom is -0.381 e. The van der Waals surface area contributed by atoms with Crippen LogP contribution in [0.4, 0.5) is 5.69 Å². The Bertz CT molecular complexity index is 1110. The fourth-order valence-corrected chi connectivity index (χ4v) is 3.39. The molecular formula is C21H18N2O3. The van der Waals surface area contributed by atoms with Crippen molar-refractivity contribution in [1.29, 1.82) is 0 Å². The van der Waals surface area contributed by atoms with Crippen molar-refractivity contribution < 1.29 is 9.59 Å². The summed E-state index contributed by atoms with van der Waals surface area (Å²) in [4.78, 5) is 41.0. The number of carbonyl (C=O) groups excluding carboxylic acids is 2. The van der Waals surface area contributed by atoms with Crippen LogP contribution in [0, 0.1) is 0 Å². The van der Waals surface area contributed by atoms with Gasteiger partial charge in [0.1, 0.15) is 5.69 Å². The number of hydrogen-bond acceptors (Lipinski definition) is 4. The number of H-pyrrole nitrogens is 1. The third-order valence-electron chi connectivity index (χ3n) is 4.75. The largest absolute Gasteiger partial charge is 0.381 e. The molecule has 2 N–H and O–H groups in total. The van der Waals surface area contributed by atoms with Crippen molar-refractivity contribution in [1.82, 2.24) is 4.98 Å². The molecule has 1 aliphatic rings. The number of hydrogen-bond donors (Lipinski definition) is 2. The average Bonchev–Trinajstić information content (AvgIpc) is 2.66. The molecule has 1 heterocycles. The second-order valence-corrected chi connectivity index (χ2v) is 6.45. The predicted molar refractivity (Wildman–Crippen MR) is 101 cm³/mol. The monoisotopic (exact) mass is 346 g/mol. The summed E-state index contributed by atoms with van der Waals surface area (Å²) in [5.74, 6) is -0.425. The minimum absolute atomic E-state index is 0.192. The number of aromatic nitrogens is 1. The Morgan fingerprint density at radius 1 is 0.923 bits per heavy atom. The summed E-state index contributed by atoms with van der Waals surface area (Å²) >= 11 is 0. The number of nitrogens with one attached hydrogen (secondary N) is 2. The van der Waals surface area contributed by atoms with Crippen molar-refractivity contribution in [3.63, 3.8) is 0 Å². The normalized spacial score (nSPS) is 12.8. The Labute approximate surface area is 150 Å². The van der Waals surface area contributed by atoms with Gasteiger partial charge in [0, 0.05) is 28.6 Å². The van der Waals surface area contributed by atoms with Crippen molar-refractivity contribution >= 4 is 28.2 Å². The molecule has 3 aromatic rings. The lowest BCUT2D eigenvalue weighted by molar-refractivity contribution is 0.0980. The third kappa shape index (κ3) is 2.44. The Morgan fingerprint density at radius 2 is 1.65 bits per heavy atom. The fourth-order valence-electron chi connectivity index (χ4n) is 3.39. The van der Waals surface area contributed by atoms with Crippen molar-refractivity contribution in [2.75, 3.05) is 11.9 Å². The van der Waals surface area contributed by atoms with E-state index in [1.807, 2.05) is 0 Å². The van der Waals surface area contributed by atoms with Gasteiger partial charge in [0.05, 0.1) is 11.1 Å². The fraction of sp³-hybridized carbons (Fsp3) is 0.190. The zero-order chi connectivity index (χ0) is 18.3. The molecule has 0 unspecified atom stereocenters. The standard InChI is InChI=1S/C21H18N2O3/c1-2-3-10-22-16-11-12-8-9-15-17(18(12)23-21(16)26)20(25)14-7-5-4-6-13(14)19(15)24/h4-9,11,22H,2-3,10H2,1H3,(H,23,26). The summed E-state index contributed by atoms with van der Waals surface area (Å²) in [5, 5.41) is 3.85. The molecule has 130 valence electrons. The van der Waals surface area contributed by atoms with Gasteiger partial charge >= 0.3 is 0 Å². The first-order valence-electron chi connectivity index (χ1n) is 8.74. The van der Waals surface area contributed by atoms with E-state index in [-0.39, 0.29) is 22.7 Å².